The first kappa shape index (κ1) is 12.0. The molecule has 1 saturated heterocycles. The van der Waals surface area contributed by atoms with Crippen LogP contribution in [0.25, 0.3) is 0 Å². The Hall–Kier alpha value is -0.440. The Labute approximate surface area is 106 Å². The minimum Gasteiger partial charge on any atom is -0.379 e. The lowest BCUT2D eigenvalue weighted by atomic mass is 10.1. The van der Waals surface area contributed by atoms with Crippen molar-refractivity contribution in [3.63, 3.8) is 0 Å². The predicted molar refractivity (Wildman–Crippen MR) is 68.6 cm³/mol. The number of anilines is 1. The van der Waals surface area contributed by atoms with Crippen molar-refractivity contribution in [2.45, 2.75) is 18.3 Å². The summed E-state index contributed by atoms with van der Waals surface area (Å²) in [6.45, 7) is 1.62. The lowest BCUT2D eigenvalue weighted by Crippen LogP contribution is -2.31. The average Bonchev–Trinajstić information content (AvgIpc) is 2.81. The summed E-state index contributed by atoms with van der Waals surface area (Å²) in [6, 6.07) is 6.40. The molecule has 2 nitrogen and oxygen atoms in total. The molecule has 1 fully saturated rings. The van der Waals surface area contributed by atoms with E-state index in [1.807, 2.05) is 18.2 Å². The Morgan fingerprint density at radius 1 is 1.50 bits per heavy atom. The molecule has 0 aromatic heterocycles. The lowest BCUT2D eigenvalue weighted by Gasteiger charge is -2.26. The summed E-state index contributed by atoms with van der Waals surface area (Å²) >= 11 is 12.0. The van der Waals surface area contributed by atoms with E-state index in [0.29, 0.717) is 11.9 Å². The average molecular weight is 260 g/mol. The van der Waals surface area contributed by atoms with E-state index >= 15 is 0 Å². The lowest BCUT2D eigenvalue weighted by molar-refractivity contribution is 0.193. The highest BCUT2D eigenvalue weighted by molar-refractivity contribution is 6.33. The van der Waals surface area contributed by atoms with E-state index < -0.39 is 0 Å². The molecule has 1 heterocycles. The van der Waals surface area contributed by atoms with Gasteiger partial charge in [0.1, 0.15) is 0 Å². The zero-order chi connectivity index (χ0) is 11.5. The van der Waals surface area contributed by atoms with Crippen molar-refractivity contribution in [1.82, 2.24) is 0 Å². The Balaban J connectivity index is 2.19. The van der Waals surface area contributed by atoms with Gasteiger partial charge in [0.2, 0.25) is 0 Å². The molecule has 0 bridgehead atoms. The second kappa shape index (κ2) is 5.26. The topological polar surface area (TPSA) is 12.5 Å². The normalized spacial score (nSPS) is 20.1. The smallest absolute Gasteiger partial charge is 0.0670 e. The quantitative estimate of drug-likeness (QED) is 0.773. The van der Waals surface area contributed by atoms with E-state index in [9.17, 15) is 0 Å². The molecule has 0 spiro atoms. The van der Waals surface area contributed by atoms with Gasteiger partial charge in [0.05, 0.1) is 23.4 Å². The van der Waals surface area contributed by atoms with Gasteiger partial charge in [-0.25, -0.2) is 0 Å². The predicted octanol–water partition coefficient (Wildman–Crippen LogP) is 3.30. The zero-order valence-corrected chi connectivity index (χ0v) is 10.8. The second-order valence-corrected chi connectivity index (χ2v) is 4.72. The number of likely N-dealkylation sites (N-methyl/N-ethyl adjacent to an activating group) is 1. The molecule has 1 unspecified atom stereocenters. The van der Waals surface area contributed by atoms with Gasteiger partial charge in [-0.15, -0.1) is 11.6 Å². The number of rotatable bonds is 3. The minimum atomic E-state index is 0.430. The Morgan fingerprint density at radius 2 is 2.31 bits per heavy atom. The summed E-state index contributed by atoms with van der Waals surface area (Å²) in [4.78, 5) is 2.19. The summed E-state index contributed by atoms with van der Waals surface area (Å²) in [7, 11) is 2.06. The van der Waals surface area contributed by atoms with Crippen LogP contribution in [0, 0.1) is 0 Å². The van der Waals surface area contributed by atoms with Crippen LogP contribution in [0.1, 0.15) is 12.0 Å². The summed E-state index contributed by atoms with van der Waals surface area (Å²) < 4.78 is 5.38. The molecule has 1 aliphatic rings. The van der Waals surface area contributed by atoms with Gasteiger partial charge in [0.15, 0.2) is 0 Å². The highest BCUT2D eigenvalue weighted by atomic mass is 35.5. The van der Waals surface area contributed by atoms with Gasteiger partial charge in [0.25, 0.3) is 0 Å². The van der Waals surface area contributed by atoms with E-state index in [2.05, 4.69) is 11.9 Å². The summed E-state index contributed by atoms with van der Waals surface area (Å²) in [5, 5.41) is 0.757. The van der Waals surface area contributed by atoms with Crippen LogP contribution in [0.3, 0.4) is 0 Å². The van der Waals surface area contributed by atoms with Crippen LogP contribution < -0.4 is 4.90 Å². The summed E-state index contributed by atoms with van der Waals surface area (Å²) in [5.74, 6) is 0.496. The molecule has 88 valence electrons. The molecule has 2 rings (SSSR count). The number of alkyl halides is 1. The van der Waals surface area contributed by atoms with Crippen LogP contribution >= 0.6 is 23.2 Å². The summed E-state index contributed by atoms with van der Waals surface area (Å²) in [5.41, 5.74) is 2.09. The number of benzene rings is 1. The molecule has 4 heteroatoms. The Kier molecular flexibility index (Phi) is 3.95. The minimum absolute atomic E-state index is 0.430. The third-order valence-corrected chi connectivity index (χ3v) is 3.61. The van der Waals surface area contributed by atoms with Gasteiger partial charge in [-0.3, -0.25) is 0 Å². The number of hydrogen-bond acceptors (Lipinski definition) is 2. The first-order valence-electron chi connectivity index (χ1n) is 5.37. The fraction of sp³-hybridized carbons (Fsp3) is 0.500. The maximum absolute atomic E-state index is 6.24. The maximum atomic E-state index is 6.24. The molecule has 1 aliphatic heterocycles. The van der Waals surface area contributed by atoms with Crippen molar-refractivity contribution in [3.8, 4) is 0 Å². The molecular weight excluding hydrogens is 245 g/mol. The number of ether oxygens (including phenoxy) is 1. The van der Waals surface area contributed by atoms with Crippen molar-refractivity contribution in [2.24, 2.45) is 0 Å². The monoisotopic (exact) mass is 259 g/mol. The molecular formula is C12H15Cl2NO. The van der Waals surface area contributed by atoms with E-state index in [0.717, 1.165) is 35.9 Å². The number of nitrogens with zero attached hydrogens (tertiary/aromatic N) is 1. The standard InChI is InChI=1S/C12H15Cl2NO/c1-15(10-4-5-16-8-10)12-3-2-9(7-13)6-11(12)14/h2-3,6,10H,4-5,7-8H2,1H3. The van der Waals surface area contributed by atoms with Crippen molar-refractivity contribution < 1.29 is 4.74 Å². The van der Waals surface area contributed by atoms with E-state index in [1.165, 1.54) is 0 Å². The number of halogens is 2. The van der Waals surface area contributed by atoms with Gasteiger partial charge < -0.3 is 9.64 Å². The SMILES string of the molecule is CN(c1ccc(CCl)cc1Cl)C1CCOC1. The Morgan fingerprint density at radius 3 is 2.88 bits per heavy atom. The van der Waals surface area contributed by atoms with E-state index in [4.69, 9.17) is 27.9 Å². The van der Waals surface area contributed by atoms with Crippen LogP contribution in [0.15, 0.2) is 18.2 Å². The maximum Gasteiger partial charge on any atom is 0.0670 e. The number of hydrogen-bond donors (Lipinski definition) is 0. The highest BCUT2D eigenvalue weighted by Crippen LogP contribution is 2.29. The zero-order valence-electron chi connectivity index (χ0n) is 9.25. The molecule has 1 atom stereocenters. The van der Waals surface area contributed by atoms with E-state index in [-0.39, 0.29) is 0 Å². The van der Waals surface area contributed by atoms with Gasteiger partial charge >= 0.3 is 0 Å². The first-order valence-corrected chi connectivity index (χ1v) is 6.28. The van der Waals surface area contributed by atoms with Crippen molar-refractivity contribution in [2.75, 3.05) is 25.2 Å². The fourth-order valence-corrected chi connectivity index (χ4v) is 2.45. The van der Waals surface area contributed by atoms with Gasteiger partial charge in [-0.05, 0) is 24.1 Å². The fourth-order valence-electron chi connectivity index (χ4n) is 1.94. The first-order chi connectivity index (χ1) is 7.72. The molecule has 1 aromatic carbocycles. The molecule has 0 aliphatic carbocycles. The largest absolute Gasteiger partial charge is 0.379 e. The molecule has 1 aromatic rings. The molecule has 16 heavy (non-hydrogen) atoms. The van der Waals surface area contributed by atoms with Gasteiger partial charge in [0, 0.05) is 19.5 Å². The van der Waals surface area contributed by atoms with Crippen LogP contribution in [-0.4, -0.2) is 26.3 Å². The van der Waals surface area contributed by atoms with Crippen molar-refractivity contribution in [3.05, 3.63) is 28.8 Å². The molecule has 0 amide bonds. The second-order valence-electron chi connectivity index (χ2n) is 4.05. The van der Waals surface area contributed by atoms with Gasteiger partial charge in [-0.1, -0.05) is 17.7 Å². The van der Waals surface area contributed by atoms with Crippen LogP contribution in [0.4, 0.5) is 5.69 Å². The summed E-state index contributed by atoms with van der Waals surface area (Å²) in [6.07, 6.45) is 1.06. The van der Waals surface area contributed by atoms with Crippen molar-refractivity contribution >= 4 is 28.9 Å². The van der Waals surface area contributed by atoms with Crippen LogP contribution in [0.5, 0.6) is 0 Å². The molecule has 0 radical (unpaired) electrons. The third kappa shape index (κ3) is 2.45. The van der Waals surface area contributed by atoms with Crippen LogP contribution in [0.2, 0.25) is 5.02 Å². The van der Waals surface area contributed by atoms with E-state index in [1.54, 1.807) is 0 Å². The molecule has 0 saturated carbocycles. The Bertz CT molecular complexity index is 364. The van der Waals surface area contributed by atoms with Crippen molar-refractivity contribution in [1.29, 1.82) is 0 Å². The highest BCUT2D eigenvalue weighted by Gasteiger charge is 2.21. The molecule has 0 N–H and O–H groups in total. The van der Waals surface area contributed by atoms with Crippen LogP contribution in [-0.2, 0) is 10.6 Å². The third-order valence-electron chi connectivity index (χ3n) is 3.00. The van der Waals surface area contributed by atoms with Gasteiger partial charge in [-0.2, -0.15) is 0 Å².